The summed E-state index contributed by atoms with van der Waals surface area (Å²) in [5.74, 6) is -0.511. The molecule has 0 aromatic heterocycles. The largest absolute Gasteiger partial charge is 0.469 e. The lowest BCUT2D eigenvalue weighted by atomic mass is 9.80. The molecular weight excluding hydrogens is 328 g/mol. The summed E-state index contributed by atoms with van der Waals surface area (Å²) in [5, 5.41) is 11.9. The highest BCUT2D eigenvalue weighted by Gasteiger charge is 2.44. The maximum atomic E-state index is 12.0. The average molecular weight is 350 g/mol. The smallest absolute Gasteiger partial charge is 0.407 e. The van der Waals surface area contributed by atoms with E-state index in [4.69, 9.17) is 9.47 Å². The zero-order chi connectivity index (χ0) is 18.4. The van der Waals surface area contributed by atoms with Gasteiger partial charge in [0.1, 0.15) is 6.61 Å². The van der Waals surface area contributed by atoms with E-state index in [1.807, 2.05) is 30.3 Å². The molecule has 1 aromatic rings. The van der Waals surface area contributed by atoms with E-state index in [1.54, 1.807) is 6.92 Å². The van der Waals surface area contributed by atoms with E-state index < -0.39 is 29.6 Å². The molecule has 0 bridgehead atoms. The van der Waals surface area contributed by atoms with Crippen LogP contribution >= 0.6 is 0 Å². The van der Waals surface area contributed by atoms with Crippen LogP contribution in [0, 0.1) is 5.41 Å². The predicted octanol–water partition coefficient (Wildman–Crippen LogP) is 1.84. The molecule has 0 radical (unpaired) electrons. The first-order valence-corrected chi connectivity index (χ1v) is 7.87. The molecule has 2 unspecified atom stereocenters. The van der Waals surface area contributed by atoms with Gasteiger partial charge < -0.3 is 24.8 Å². The fraction of sp³-hybridized carbons (Fsp3) is 0.471. The molecule has 2 rings (SSSR count). The van der Waals surface area contributed by atoms with Crippen molar-refractivity contribution < 1.29 is 29.0 Å². The summed E-state index contributed by atoms with van der Waals surface area (Å²) in [5.41, 5.74) is -0.184. The van der Waals surface area contributed by atoms with E-state index >= 15 is 0 Å². The summed E-state index contributed by atoms with van der Waals surface area (Å²) in [6.07, 6.45) is -1.54. The second-order valence-corrected chi connectivity index (χ2v) is 6.32. The molecular formula is C17H22N2O6. The fourth-order valence-electron chi connectivity index (χ4n) is 2.99. The molecule has 8 nitrogen and oxygen atoms in total. The number of methoxy groups -OCH3 is 1. The number of nitrogens with one attached hydrogen (secondary N) is 1. The number of esters is 1. The Morgan fingerprint density at radius 3 is 2.60 bits per heavy atom. The average Bonchev–Trinajstić information content (AvgIpc) is 2.59. The quantitative estimate of drug-likeness (QED) is 0.803. The number of nitrogens with zero attached hydrogens (tertiary/aromatic N) is 1. The SMILES string of the molecule is COC(=O)C1(C)CC(NC(=O)OCc2ccccc2)CN(C(=O)O)C1. The monoisotopic (exact) mass is 350 g/mol. The van der Waals surface area contributed by atoms with Gasteiger partial charge in [-0.25, -0.2) is 9.59 Å². The third-order valence-corrected chi connectivity index (χ3v) is 4.16. The van der Waals surface area contributed by atoms with E-state index in [0.29, 0.717) is 0 Å². The van der Waals surface area contributed by atoms with Gasteiger partial charge in [-0.2, -0.15) is 0 Å². The summed E-state index contributed by atoms with van der Waals surface area (Å²) in [7, 11) is 1.25. The highest BCUT2D eigenvalue weighted by Crippen LogP contribution is 2.31. The van der Waals surface area contributed by atoms with Crippen LogP contribution in [0.4, 0.5) is 9.59 Å². The van der Waals surface area contributed by atoms with Crippen LogP contribution < -0.4 is 5.32 Å². The molecule has 1 aliphatic heterocycles. The van der Waals surface area contributed by atoms with Crippen molar-refractivity contribution in [1.82, 2.24) is 10.2 Å². The van der Waals surface area contributed by atoms with Gasteiger partial charge in [-0.15, -0.1) is 0 Å². The molecule has 1 heterocycles. The van der Waals surface area contributed by atoms with Gasteiger partial charge >= 0.3 is 18.2 Å². The highest BCUT2D eigenvalue weighted by atomic mass is 16.5. The van der Waals surface area contributed by atoms with Crippen LogP contribution in [0.2, 0.25) is 0 Å². The summed E-state index contributed by atoms with van der Waals surface area (Å²) in [6.45, 7) is 1.84. The maximum absolute atomic E-state index is 12.0. The Morgan fingerprint density at radius 1 is 1.32 bits per heavy atom. The number of piperidine rings is 1. The van der Waals surface area contributed by atoms with E-state index in [0.717, 1.165) is 10.5 Å². The van der Waals surface area contributed by atoms with Gasteiger partial charge in [-0.05, 0) is 18.9 Å². The van der Waals surface area contributed by atoms with Crippen molar-refractivity contribution in [2.45, 2.75) is 26.0 Å². The van der Waals surface area contributed by atoms with Crippen molar-refractivity contribution in [3.05, 3.63) is 35.9 Å². The van der Waals surface area contributed by atoms with Crippen LogP contribution in [0.1, 0.15) is 18.9 Å². The molecule has 0 aliphatic carbocycles. The molecule has 136 valence electrons. The molecule has 1 aromatic carbocycles. The molecule has 2 amide bonds. The Balaban J connectivity index is 1.97. The normalized spacial score (nSPS) is 22.8. The first-order valence-electron chi connectivity index (χ1n) is 7.87. The Morgan fingerprint density at radius 2 is 2.00 bits per heavy atom. The van der Waals surface area contributed by atoms with Crippen LogP contribution in [-0.4, -0.2) is 54.4 Å². The first-order chi connectivity index (χ1) is 11.8. The predicted molar refractivity (Wildman–Crippen MR) is 87.9 cm³/mol. The van der Waals surface area contributed by atoms with Gasteiger partial charge in [0.2, 0.25) is 0 Å². The Kier molecular flexibility index (Phi) is 5.84. The lowest BCUT2D eigenvalue weighted by Gasteiger charge is -2.41. The number of benzene rings is 1. The van der Waals surface area contributed by atoms with Crippen molar-refractivity contribution in [2.24, 2.45) is 5.41 Å². The summed E-state index contributed by atoms with van der Waals surface area (Å²) < 4.78 is 9.93. The number of hydrogen-bond donors (Lipinski definition) is 2. The minimum atomic E-state index is -1.15. The highest BCUT2D eigenvalue weighted by molar-refractivity contribution is 5.78. The number of likely N-dealkylation sites (tertiary alicyclic amines) is 1. The summed E-state index contributed by atoms with van der Waals surface area (Å²) >= 11 is 0. The van der Waals surface area contributed by atoms with Gasteiger partial charge in [-0.3, -0.25) is 4.79 Å². The zero-order valence-electron chi connectivity index (χ0n) is 14.2. The number of carboxylic acid groups (broad SMARTS) is 1. The minimum absolute atomic E-state index is 0.0201. The minimum Gasteiger partial charge on any atom is -0.469 e. The van der Waals surface area contributed by atoms with Crippen LogP contribution in [0.5, 0.6) is 0 Å². The molecule has 0 saturated carbocycles. The zero-order valence-corrected chi connectivity index (χ0v) is 14.2. The molecule has 25 heavy (non-hydrogen) atoms. The number of alkyl carbamates (subject to hydrolysis) is 1. The number of carbonyl (C=O) groups excluding carboxylic acids is 2. The van der Waals surface area contributed by atoms with Gasteiger partial charge in [0.05, 0.1) is 18.6 Å². The van der Waals surface area contributed by atoms with Crippen LogP contribution in [0.3, 0.4) is 0 Å². The van der Waals surface area contributed by atoms with E-state index in [9.17, 15) is 19.5 Å². The lowest BCUT2D eigenvalue weighted by Crippen LogP contribution is -2.58. The second kappa shape index (κ2) is 7.87. The van der Waals surface area contributed by atoms with Crippen molar-refractivity contribution >= 4 is 18.2 Å². The van der Waals surface area contributed by atoms with Gasteiger partial charge in [0, 0.05) is 13.1 Å². The number of hydrogen-bond acceptors (Lipinski definition) is 5. The maximum Gasteiger partial charge on any atom is 0.407 e. The Bertz CT molecular complexity index is 635. The van der Waals surface area contributed by atoms with Crippen molar-refractivity contribution in [1.29, 1.82) is 0 Å². The lowest BCUT2D eigenvalue weighted by molar-refractivity contribution is -0.155. The van der Waals surface area contributed by atoms with E-state index in [1.165, 1.54) is 7.11 Å². The second-order valence-electron chi connectivity index (χ2n) is 6.32. The first kappa shape index (κ1) is 18.6. The third-order valence-electron chi connectivity index (χ3n) is 4.16. The number of ether oxygens (including phenoxy) is 2. The molecule has 1 fully saturated rings. The Labute approximate surface area is 145 Å². The van der Waals surface area contributed by atoms with E-state index in [2.05, 4.69) is 5.32 Å². The molecule has 1 aliphatic rings. The molecule has 1 saturated heterocycles. The van der Waals surface area contributed by atoms with Gasteiger partial charge in [-0.1, -0.05) is 30.3 Å². The standard InChI is InChI=1S/C17H22N2O6/c1-17(14(20)24-2)8-13(9-19(11-17)16(22)23)18-15(21)25-10-12-6-4-3-5-7-12/h3-7,13H,8-11H2,1-2H3,(H,18,21)(H,22,23). The molecule has 0 spiro atoms. The van der Waals surface area contributed by atoms with E-state index in [-0.39, 0.29) is 26.1 Å². The number of rotatable bonds is 4. The van der Waals surface area contributed by atoms with Crippen molar-refractivity contribution in [3.63, 3.8) is 0 Å². The van der Waals surface area contributed by atoms with Gasteiger partial charge in [0.15, 0.2) is 0 Å². The van der Waals surface area contributed by atoms with Crippen LogP contribution in [0.25, 0.3) is 0 Å². The molecule has 2 N–H and O–H groups in total. The summed E-state index contributed by atoms with van der Waals surface area (Å²) in [6, 6.07) is 8.65. The number of amides is 2. The van der Waals surface area contributed by atoms with Gasteiger partial charge in [0.25, 0.3) is 0 Å². The van der Waals surface area contributed by atoms with Crippen LogP contribution in [-0.2, 0) is 20.9 Å². The Hall–Kier alpha value is -2.77. The van der Waals surface area contributed by atoms with Crippen molar-refractivity contribution in [3.8, 4) is 0 Å². The number of carbonyl (C=O) groups is 3. The fourth-order valence-corrected chi connectivity index (χ4v) is 2.99. The van der Waals surface area contributed by atoms with Crippen molar-refractivity contribution in [2.75, 3.05) is 20.2 Å². The molecule has 8 heteroatoms. The van der Waals surface area contributed by atoms with Crippen LogP contribution in [0.15, 0.2) is 30.3 Å². The molecule has 2 atom stereocenters. The summed E-state index contributed by atoms with van der Waals surface area (Å²) in [4.78, 5) is 36.4. The third kappa shape index (κ3) is 4.85. The topological polar surface area (TPSA) is 105 Å².